The van der Waals surface area contributed by atoms with E-state index in [1.165, 1.54) is 0 Å². The molecule has 0 bridgehead atoms. The van der Waals surface area contributed by atoms with Crippen LogP contribution in [0.2, 0.25) is 0 Å². The molecular weight excluding hydrogens is 144 g/mol. The smallest absolute Gasteiger partial charge is 0.122 e. The van der Waals surface area contributed by atoms with Crippen molar-refractivity contribution in [3.05, 3.63) is 0 Å². The number of aliphatic hydroxyl groups excluding tert-OH is 2. The third-order valence-corrected chi connectivity index (χ3v) is 2.64. The maximum absolute atomic E-state index is 9.38. The molecule has 2 aliphatic rings. The molecule has 0 aromatic rings. The van der Waals surface area contributed by atoms with E-state index in [2.05, 4.69) is 10.6 Å². The van der Waals surface area contributed by atoms with Crippen molar-refractivity contribution in [2.24, 2.45) is 5.92 Å². The fourth-order valence-electron chi connectivity index (χ4n) is 2.04. The second kappa shape index (κ2) is 2.71. The average Bonchev–Trinajstić information content (AvgIpc) is 2.30. The predicted molar refractivity (Wildman–Crippen MR) is 39.7 cm³/mol. The van der Waals surface area contributed by atoms with Crippen molar-refractivity contribution in [3.63, 3.8) is 0 Å². The summed E-state index contributed by atoms with van der Waals surface area (Å²) in [7, 11) is 0. The summed E-state index contributed by atoms with van der Waals surface area (Å²) >= 11 is 0. The number of piperidine rings is 1. The quantitative estimate of drug-likeness (QED) is 0.350. The number of nitrogens with one attached hydrogen (secondary N) is 2. The van der Waals surface area contributed by atoms with Gasteiger partial charge in [0.15, 0.2) is 0 Å². The minimum atomic E-state index is -0.574. The highest BCUT2D eigenvalue weighted by Gasteiger charge is 2.42. The molecule has 0 spiro atoms. The molecule has 2 fully saturated rings. The summed E-state index contributed by atoms with van der Waals surface area (Å²) in [4.78, 5) is 0. The third kappa shape index (κ3) is 1.16. The first-order valence-electron chi connectivity index (χ1n) is 4.14. The van der Waals surface area contributed by atoms with Crippen LogP contribution in [-0.2, 0) is 0 Å². The minimum Gasteiger partial charge on any atom is -0.378 e. The van der Waals surface area contributed by atoms with Crippen LogP contribution >= 0.6 is 0 Å². The predicted octanol–water partition coefficient (Wildman–Crippen LogP) is -1.41. The largest absolute Gasteiger partial charge is 0.378 e. The van der Waals surface area contributed by atoms with Crippen molar-refractivity contribution in [2.45, 2.75) is 31.3 Å². The second-order valence-corrected chi connectivity index (χ2v) is 3.34. The molecule has 4 N–H and O–H groups in total. The van der Waals surface area contributed by atoms with Crippen LogP contribution in [0.4, 0.5) is 0 Å². The van der Waals surface area contributed by atoms with Gasteiger partial charge in [0.2, 0.25) is 0 Å². The standard InChI is InChI=1S/C7H14N2O2/c10-6-4-2-1-3-8-5(4)7(11)9-6/h4-11H,1-3H2. The molecule has 0 aliphatic carbocycles. The summed E-state index contributed by atoms with van der Waals surface area (Å²) in [6.45, 7) is 0.951. The first-order chi connectivity index (χ1) is 5.29. The summed E-state index contributed by atoms with van der Waals surface area (Å²) in [6, 6.07) is 0.0544. The van der Waals surface area contributed by atoms with Gasteiger partial charge in [-0.15, -0.1) is 0 Å². The lowest BCUT2D eigenvalue weighted by Crippen LogP contribution is -2.46. The van der Waals surface area contributed by atoms with E-state index in [4.69, 9.17) is 0 Å². The second-order valence-electron chi connectivity index (χ2n) is 3.34. The van der Waals surface area contributed by atoms with Gasteiger partial charge < -0.3 is 15.5 Å². The summed E-state index contributed by atoms with van der Waals surface area (Å²) in [5, 5.41) is 24.6. The molecule has 4 atom stereocenters. The van der Waals surface area contributed by atoms with Crippen LogP contribution in [0.3, 0.4) is 0 Å². The van der Waals surface area contributed by atoms with E-state index in [1.54, 1.807) is 0 Å². The van der Waals surface area contributed by atoms with Crippen molar-refractivity contribution < 1.29 is 10.2 Å². The van der Waals surface area contributed by atoms with E-state index in [0.717, 1.165) is 19.4 Å². The SMILES string of the molecule is OC1NC(O)C2NCCCC12. The molecule has 2 aliphatic heterocycles. The molecule has 2 heterocycles. The maximum Gasteiger partial charge on any atom is 0.122 e. The van der Waals surface area contributed by atoms with E-state index in [-0.39, 0.29) is 12.0 Å². The van der Waals surface area contributed by atoms with Crippen molar-refractivity contribution in [1.82, 2.24) is 10.6 Å². The number of rotatable bonds is 0. The van der Waals surface area contributed by atoms with Gasteiger partial charge in [0.25, 0.3) is 0 Å². The lowest BCUT2D eigenvalue weighted by molar-refractivity contribution is 0.0827. The Morgan fingerprint density at radius 1 is 1.18 bits per heavy atom. The fraction of sp³-hybridized carbons (Fsp3) is 1.00. The van der Waals surface area contributed by atoms with Gasteiger partial charge in [-0.25, -0.2) is 0 Å². The highest BCUT2D eigenvalue weighted by Crippen LogP contribution is 2.26. The Labute approximate surface area is 65.6 Å². The Balaban J connectivity index is 2.07. The molecule has 2 saturated heterocycles. The van der Waals surface area contributed by atoms with Gasteiger partial charge in [0, 0.05) is 5.92 Å². The lowest BCUT2D eigenvalue weighted by Gasteiger charge is -2.27. The topological polar surface area (TPSA) is 64.5 Å². The van der Waals surface area contributed by atoms with E-state index in [1.807, 2.05) is 0 Å². The first kappa shape index (κ1) is 7.49. The van der Waals surface area contributed by atoms with Crippen LogP contribution in [0, 0.1) is 5.92 Å². The molecule has 2 rings (SSSR count). The molecule has 4 nitrogen and oxygen atoms in total. The zero-order chi connectivity index (χ0) is 7.84. The molecule has 4 heteroatoms. The van der Waals surface area contributed by atoms with E-state index >= 15 is 0 Å². The molecular formula is C7H14N2O2. The zero-order valence-corrected chi connectivity index (χ0v) is 6.33. The molecule has 0 aromatic carbocycles. The van der Waals surface area contributed by atoms with Crippen LogP contribution in [-0.4, -0.2) is 35.3 Å². The number of hydrogen-bond donors (Lipinski definition) is 4. The third-order valence-electron chi connectivity index (χ3n) is 2.64. The van der Waals surface area contributed by atoms with E-state index in [0.29, 0.717) is 0 Å². The van der Waals surface area contributed by atoms with Crippen LogP contribution < -0.4 is 10.6 Å². The Hall–Kier alpha value is -0.160. The van der Waals surface area contributed by atoms with Crippen molar-refractivity contribution in [2.75, 3.05) is 6.54 Å². The molecule has 0 radical (unpaired) electrons. The molecule has 4 unspecified atom stereocenters. The minimum absolute atomic E-state index is 0.0544. The maximum atomic E-state index is 9.38. The van der Waals surface area contributed by atoms with Gasteiger partial charge in [-0.1, -0.05) is 0 Å². The summed E-state index contributed by atoms with van der Waals surface area (Å²) in [5.41, 5.74) is 0. The van der Waals surface area contributed by atoms with Crippen LogP contribution in [0.25, 0.3) is 0 Å². The molecule has 0 amide bonds. The Kier molecular flexibility index (Phi) is 1.85. The molecule has 0 saturated carbocycles. The lowest BCUT2D eigenvalue weighted by atomic mass is 9.92. The van der Waals surface area contributed by atoms with Gasteiger partial charge in [-0.2, -0.15) is 0 Å². The van der Waals surface area contributed by atoms with Crippen LogP contribution in [0.15, 0.2) is 0 Å². The molecule has 64 valence electrons. The highest BCUT2D eigenvalue weighted by molar-refractivity contribution is 4.95. The normalized spacial score (nSPS) is 50.7. The molecule has 0 aromatic heterocycles. The van der Waals surface area contributed by atoms with Gasteiger partial charge in [-0.05, 0) is 19.4 Å². The van der Waals surface area contributed by atoms with Gasteiger partial charge in [-0.3, -0.25) is 5.32 Å². The van der Waals surface area contributed by atoms with Crippen LogP contribution in [0.1, 0.15) is 12.8 Å². The highest BCUT2D eigenvalue weighted by atomic mass is 16.3. The monoisotopic (exact) mass is 158 g/mol. The molecule has 11 heavy (non-hydrogen) atoms. The first-order valence-corrected chi connectivity index (χ1v) is 4.14. The number of fused-ring (bicyclic) bond motifs is 1. The van der Waals surface area contributed by atoms with Gasteiger partial charge in [0.1, 0.15) is 12.5 Å². The van der Waals surface area contributed by atoms with Crippen LogP contribution in [0.5, 0.6) is 0 Å². The van der Waals surface area contributed by atoms with E-state index in [9.17, 15) is 10.2 Å². The fourth-order valence-corrected chi connectivity index (χ4v) is 2.04. The zero-order valence-electron chi connectivity index (χ0n) is 6.33. The Morgan fingerprint density at radius 3 is 2.73 bits per heavy atom. The average molecular weight is 158 g/mol. The Bertz CT molecular complexity index is 137. The number of hydrogen-bond acceptors (Lipinski definition) is 4. The Morgan fingerprint density at radius 2 is 2.00 bits per heavy atom. The van der Waals surface area contributed by atoms with Crippen molar-refractivity contribution in [1.29, 1.82) is 0 Å². The number of aliphatic hydroxyl groups is 2. The summed E-state index contributed by atoms with van der Waals surface area (Å²) in [5.74, 6) is 0.193. The van der Waals surface area contributed by atoms with E-state index < -0.39 is 12.5 Å². The van der Waals surface area contributed by atoms with Crippen molar-refractivity contribution >= 4 is 0 Å². The van der Waals surface area contributed by atoms with Gasteiger partial charge in [0.05, 0.1) is 6.04 Å². The van der Waals surface area contributed by atoms with Gasteiger partial charge >= 0.3 is 0 Å². The summed E-state index contributed by atoms with van der Waals surface area (Å²) in [6.07, 6.45) is 0.994. The summed E-state index contributed by atoms with van der Waals surface area (Å²) < 4.78 is 0. The van der Waals surface area contributed by atoms with Crippen molar-refractivity contribution in [3.8, 4) is 0 Å².